The van der Waals surface area contributed by atoms with Gasteiger partial charge in [0.1, 0.15) is 5.75 Å². The third-order valence-electron chi connectivity index (χ3n) is 3.99. The first-order valence-corrected chi connectivity index (χ1v) is 8.01. The van der Waals surface area contributed by atoms with Gasteiger partial charge in [-0.2, -0.15) is 0 Å². The van der Waals surface area contributed by atoms with Crippen molar-refractivity contribution in [2.45, 2.75) is 19.9 Å². The first-order valence-electron chi connectivity index (χ1n) is 8.01. The first kappa shape index (κ1) is 16.7. The Hall–Kier alpha value is -3.15. The number of carbonyl (C=O) groups excluding carboxylic acids is 1. The molecule has 2 aromatic carbocycles. The van der Waals surface area contributed by atoms with Gasteiger partial charge < -0.3 is 10.1 Å². The number of amides is 1. The smallest absolute Gasteiger partial charge is 0.273 e. The first-order chi connectivity index (χ1) is 12.1. The second-order valence-corrected chi connectivity index (χ2v) is 5.85. The molecule has 1 atom stereocenters. The second-order valence-electron chi connectivity index (χ2n) is 5.85. The Balaban J connectivity index is 1.69. The predicted octanol–water partition coefficient (Wildman–Crippen LogP) is 3.08. The largest absolute Gasteiger partial charge is 0.497 e. The second kappa shape index (κ2) is 7.17. The van der Waals surface area contributed by atoms with Crippen molar-refractivity contribution >= 4 is 5.91 Å². The zero-order chi connectivity index (χ0) is 17.8. The van der Waals surface area contributed by atoms with Crippen LogP contribution in [0, 0.1) is 6.92 Å². The number of aryl methyl sites for hydroxylation is 1. The fourth-order valence-corrected chi connectivity index (χ4v) is 2.44. The maximum Gasteiger partial charge on any atom is 0.273 e. The highest BCUT2D eigenvalue weighted by atomic mass is 16.5. The molecular weight excluding hydrogens is 316 g/mol. The Kier molecular flexibility index (Phi) is 4.79. The average Bonchev–Trinajstić information content (AvgIpc) is 3.12. The third kappa shape index (κ3) is 3.85. The van der Waals surface area contributed by atoms with Gasteiger partial charge in [0.05, 0.1) is 25.0 Å². The quantitative estimate of drug-likeness (QED) is 0.777. The number of ether oxygens (including phenoxy) is 1. The van der Waals surface area contributed by atoms with E-state index in [9.17, 15) is 4.79 Å². The van der Waals surface area contributed by atoms with E-state index in [-0.39, 0.29) is 17.6 Å². The summed E-state index contributed by atoms with van der Waals surface area (Å²) >= 11 is 0. The standard InChI is InChI=1S/C19H20N4O2/c1-13-4-8-16(9-5-13)23-12-18(21-22-23)19(24)20-14(2)15-6-10-17(25-3)11-7-15/h4-12,14H,1-3H3,(H,20,24)/t14-/m0/s1. The molecule has 1 N–H and O–H groups in total. The number of methoxy groups -OCH3 is 1. The van der Waals surface area contributed by atoms with Crippen molar-refractivity contribution in [2.75, 3.05) is 7.11 Å². The molecule has 6 nitrogen and oxygen atoms in total. The zero-order valence-corrected chi connectivity index (χ0v) is 14.4. The van der Waals surface area contributed by atoms with Crippen LogP contribution in [0.1, 0.15) is 34.6 Å². The molecule has 0 radical (unpaired) electrons. The molecule has 0 saturated carbocycles. The summed E-state index contributed by atoms with van der Waals surface area (Å²) in [6.07, 6.45) is 1.63. The molecular formula is C19H20N4O2. The summed E-state index contributed by atoms with van der Waals surface area (Å²) in [6.45, 7) is 3.94. The lowest BCUT2D eigenvalue weighted by Crippen LogP contribution is -2.26. The number of aromatic nitrogens is 3. The molecule has 0 bridgehead atoms. The SMILES string of the molecule is COc1ccc([C@H](C)NC(=O)c2cn(-c3ccc(C)cc3)nn2)cc1. The highest BCUT2D eigenvalue weighted by Gasteiger charge is 2.15. The Bertz CT molecular complexity index is 854. The number of hydrogen-bond donors (Lipinski definition) is 1. The van der Waals surface area contributed by atoms with Crippen molar-refractivity contribution in [1.29, 1.82) is 0 Å². The van der Waals surface area contributed by atoms with E-state index >= 15 is 0 Å². The average molecular weight is 336 g/mol. The van der Waals surface area contributed by atoms with Crippen molar-refractivity contribution in [3.8, 4) is 11.4 Å². The van der Waals surface area contributed by atoms with Gasteiger partial charge in [0.2, 0.25) is 0 Å². The topological polar surface area (TPSA) is 69.0 Å². The van der Waals surface area contributed by atoms with E-state index in [1.807, 2.05) is 62.4 Å². The molecule has 0 unspecified atom stereocenters. The summed E-state index contributed by atoms with van der Waals surface area (Å²) in [5.74, 6) is 0.519. The third-order valence-corrected chi connectivity index (χ3v) is 3.99. The Morgan fingerprint density at radius 3 is 2.44 bits per heavy atom. The molecule has 0 aliphatic rings. The molecule has 3 aromatic rings. The molecule has 0 spiro atoms. The molecule has 25 heavy (non-hydrogen) atoms. The van der Waals surface area contributed by atoms with Gasteiger partial charge in [0.25, 0.3) is 5.91 Å². The van der Waals surface area contributed by atoms with Crippen LogP contribution in [0.3, 0.4) is 0 Å². The maximum atomic E-state index is 12.4. The Morgan fingerprint density at radius 1 is 1.12 bits per heavy atom. The van der Waals surface area contributed by atoms with Crippen LogP contribution in [0.4, 0.5) is 0 Å². The van der Waals surface area contributed by atoms with Gasteiger partial charge in [-0.3, -0.25) is 4.79 Å². The fraction of sp³-hybridized carbons (Fsp3) is 0.211. The Labute approximate surface area is 146 Å². The van der Waals surface area contributed by atoms with Crippen molar-refractivity contribution in [3.05, 3.63) is 71.5 Å². The lowest BCUT2D eigenvalue weighted by Gasteiger charge is -2.13. The van der Waals surface area contributed by atoms with E-state index in [0.29, 0.717) is 0 Å². The lowest BCUT2D eigenvalue weighted by atomic mass is 10.1. The molecule has 0 aliphatic heterocycles. The number of nitrogens with one attached hydrogen (secondary N) is 1. The van der Waals surface area contributed by atoms with Crippen LogP contribution in [0.25, 0.3) is 5.69 Å². The van der Waals surface area contributed by atoms with Crippen molar-refractivity contribution in [1.82, 2.24) is 20.3 Å². The van der Waals surface area contributed by atoms with Crippen LogP contribution in [0.15, 0.2) is 54.7 Å². The van der Waals surface area contributed by atoms with Crippen LogP contribution >= 0.6 is 0 Å². The van der Waals surface area contributed by atoms with Gasteiger partial charge >= 0.3 is 0 Å². The van der Waals surface area contributed by atoms with Gasteiger partial charge in [0, 0.05) is 0 Å². The molecule has 1 aromatic heterocycles. The molecule has 0 saturated heterocycles. The van der Waals surface area contributed by atoms with Crippen LogP contribution in [0.2, 0.25) is 0 Å². The summed E-state index contributed by atoms with van der Waals surface area (Å²) < 4.78 is 6.73. The van der Waals surface area contributed by atoms with Gasteiger partial charge in [-0.1, -0.05) is 35.0 Å². The van der Waals surface area contributed by atoms with Gasteiger partial charge in [-0.25, -0.2) is 4.68 Å². The molecule has 1 amide bonds. The van der Waals surface area contributed by atoms with Crippen molar-refractivity contribution in [2.24, 2.45) is 0 Å². The predicted molar refractivity (Wildman–Crippen MR) is 95.0 cm³/mol. The monoisotopic (exact) mass is 336 g/mol. The molecule has 128 valence electrons. The van der Waals surface area contributed by atoms with Crippen LogP contribution in [0.5, 0.6) is 5.75 Å². The highest BCUT2D eigenvalue weighted by molar-refractivity contribution is 5.92. The summed E-state index contributed by atoms with van der Waals surface area (Å²) in [4.78, 5) is 12.4. The van der Waals surface area contributed by atoms with Crippen molar-refractivity contribution in [3.63, 3.8) is 0 Å². The molecule has 6 heteroatoms. The normalized spacial score (nSPS) is 11.8. The van der Waals surface area contributed by atoms with E-state index in [1.54, 1.807) is 18.0 Å². The highest BCUT2D eigenvalue weighted by Crippen LogP contribution is 2.17. The molecule has 1 heterocycles. The van der Waals surface area contributed by atoms with E-state index < -0.39 is 0 Å². The molecule has 0 fully saturated rings. The van der Waals surface area contributed by atoms with Gasteiger partial charge in [-0.15, -0.1) is 5.10 Å². The number of nitrogens with zero attached hydrogens (tertiary/aromatic N) is 3. The number of benzene rings is 2. The number of hydrogen-bond acceptors (Lipinski definition) is 4. The summed E-state index contributed by atoms with van der Waals surface area (Å²) in [7, 11) is 1.62. The number of carbonyl (C=O) groups is 1. The summed E-state index contributed by atoms with van der Waals surface area (Å²) in [5.41, 5.74) is 3.29. The van der Waals surface area contributed by atoms with E-state index in [0.717, 1.165) is 22.6 Å². The van der Waals surface area contributed by atoms with Crippen LogP contribution < -0.4 is 10.1 Å². The van der Waals surface area contributed by atoms with E-state index in [2.05, 4.69) is 15.6 Å². The minimum atomic E-state index is -0.262. The summed E-state index contributed by atoms with van der Waals surface area (Å²) in [6, 6.07) is 15.3. The van der Waals surface area contributed by atoms with Gasteiger partial charge in [0.15, 0.2) is 5.69 Å². The van der Waals surface area contributed by atoms with Gasteiger partial charge in [-0.05, 0) is 43.7 Å². The Morgan fingerprint density at radius 2 is 1.80 bits per heavy atom. The summed E-state index contributed by atoms with van der Waals surface area (Å²) in [5, 5.41) is 10.9. The van der Waals surface area contributed by atoms with E-state index in [4.69, 9.17) is 4.74 Å². The minimum absolute atomic E-state index is 0.150. The number of rotatable bonds is 5. The fourth-order valence-electron chi connectivity index (χ4n) is 2.44. The van der Waals surface area contributed by atoms with Crippen LogP contribution in [-0.2, 0) is 0 Å². The minimum Gasteiger partial charge on any atom is -0.497 e. The molecule has 0 aliphatic carbocycles. The van der Waals surface area contributed by atoms with Crippen LogP contribution in [-0.4, -0.2) is 28.0 Å². The molecule has 3 rings (SSSR count). The van der Waals surface area contributed by atoms with E-state index in [1.165, 1.54) is 0 Å². The lowest BCUT2D eigenvalue weighted by molar-refractivity contribution is 0.0935. The maximum absolute atomic E-state index is 12.4. The van der Waals surface area contributed by atoms with Crippen molar-refractivity contribution < 1.29 is 9.53 Å². The zero-order valence-electron chi connectivity index (χ0n) is 14.4.